The van der Waals surface area contributed by atoms with Crippen LogP contribution in [0.1, 0.15) is 35.5 Å². The number of ether oxygens (including phenoxy) is 1. The second kappa shape index (κ2) is 6.24. The van der Waals surface area contributed by atoms with Crippen molar-refractivity contribution < 1.29 is 9.64 Å². The number of nitrogens with one attached hydrogen (secondary N) is 1. The molecule has 5 nitrogen and oxygen atoms in total. The van der Waals surface area contributed by atoms with Gasteiger partial charge in [-0.15, -0.1) is 11.3 Å². The van der Waals surface area contributed by atoms with E-state index in [9.17, 15) is 0 Å². The number of thiophene rings is 1. The van der Waals surface area contributed by atoms with Gasteiger partial charge in [0.05, 0.1) is 18.6 Å². The highest BCUT2D eigenvalue weighted by Gasteiger charge is 2.27. The maximum atomic E-state index is 5.49. The second-order valence-corrected chi connectivity index (χ2v) is 8.32. The van der Waals surface area contributed by atoms with Crippen LogP contribution in [0.15, 0.2) is 0 Å². The highest BCUT2D eigenvalue weighted by molar-refractivity contribution is 7.19. The molecule has 4 heterocycles. The number of aromatic nitrogens is 2. The van der Waals surface area contributed by atoms with E-state index in [4.69, 9.17) is 14.7 Å². The van der Waals surface area contributed by atoms with Crippen LogP contribution in [-0.2, 0) is 24.1 Å². The molecule has 0 aromatic carbocycles. The van der Waals surface area contributed by atoms with Crippen molar-refractivity contribution in [3.8, 4) is 0 Å². The average molecular weight is 345 g/mol. The molecule has 2 aromatic rings. The van der Waals surface area contributed by atoms with Gasteiger partial charge in [-0.25, -0.2) is 9.97 Å². The molecular weight excluding hydrogens is 320 g/mol. The number of aryl methyl sites for hydroxylation is 2. The molecule has 2 aliphatic heterocycles. The minimum atomic E-state index is 0.865. The Labute approximate surface area is 146 Å². The first-order valence-corrected chi connectivity index (χ1v) is 10.2. The topological polar surface area (TPSA) is 42.7 Å². The Morgan fingerprint density at radius 3 is 2.71 bits per heavy atom. The first-order valence-electron chi connectivity index (χ1n) is 9.36. The Kier molecular flexibility index (Phi) is 3.91. The first-order chi connectivity index (χ1) is 11.9. The molecular formula is C18H25N4OS+. The van der Waals surface area contributed by atoms with Gasteiger partial charge in [-0.1, -0.05) is 0 Å². The third-order valence-corrected chi connectivity index (χ3v) is 6.79. The van der Waals surface area contributed by atoms with Crippen LogP contribution < -0.4 is 9.80 Å². The molecule has 24 heavy (non-hydrogen) atoms. The van der Waals surface area contributed by atoms with Gasteiger partial charge in [0.25, 0.3) is 0 Å². The number of nitrogens with zero attached hydrogens (tertiary/aromatic N) is 3. The predicted octanol–water partition coefficient (Wildman–Crippen LogP) is 1.20. The molecule has 0 bridgehead atoms. The van der Waals surface area contributed by atoms with E-state index in [1.165, 1.54) is 48.1 Å². The molecule has 3 aliphatic rings. The fourth-order valence-corrected chi connectivity index (χ4v) is 5.59. The summed E-state index contributed by atoms with van der Waals surface area (Å²) < 4.78 is 5.49. The fourth-order valence-electron chi connectivity index (χ4n) is 4.32. The molecule has 5 rings (SSSR count). The van der Waals surface area contributed by atoms with Crippen LogP contribution in [0.2, 0.25) is 0 Å². The minimum Gasteiger partial charge on any atom is -0.370 e. The van der Waals surface area contributed by atoms with E-state index in [-0.39, 0.29) is 0 Å². The molecule has 2 fully saturated rings. The van der Waals surface area contributed by atoms with E-state index < -0.39 is 0 Å². The number of rotatable bonds is 3. The summed E-state index contributed by atoms with van der Waals surface area (Å²) in [5.41, 5.74) is 1.56. The lowest BCUT2D eigenvalue weighted by molar-refractivity contribution is -0.922. The molecule has 128 valence electrons. The zero-order chi connectivity index (χ0) is 15.9. The van der Waals surface area contributed by atoms with Gasteiger partial charge in [0, 0.05) is 18.0 Å². The molecule has 0 unspecified atom stereocenters. The summed E-state index contributed by atoms with van der Waals surface area (Å²) in [6.07, 6.45) is 6.34. The van der Waals surface area contributed by atoms with Gasteiger partial charge in [0.1, 0.15) is 30.3 Å². The fraction of sp³-hybridized carbons (Fsp3) is 0.667. The average Bonchev–Trinajstić information content (AvgIpc) is 3.32. The molecule has 0 spiro atoms. The van der Waals surface area contributed by atoms with Crippen molar-refractivity contribution in [2.45, 2.75) is 38.6 Å². The van der Waals surface area contributed by atoms with Crippen molar-refractivity contribution in [1.82, 2.24) is 9.97 Å². The van der Waals surface area contributed by atoms with E-state index in [1.807, 2.05) is 11.3 Å². The van der Waals surface area contributed by atoms with Gasteiger partial charge in [-0.3, -0.25) is 0 Å². The number of quaternary nitrogens is 1. The van der Waals surface area contributed by atoms with E-state index in [0.29, 0.717) is 0 Å². The molecule has 0 atom stereocenters. The molecule has 1 aliphatic carbocycles. The maximum Gasteiger partial charge on any atom is 0.187 e. The zero-order valence-electron chi connectivity index (χ0n) is 14.1. The van der Waals surface area contributed by atoms with Crippen molar-refractivity contribution in [1.29, 1.82) is 0 Å². The standard InChI is InChI=1S/C18H24N4OS/c1-2-7-22(6-1)17-16-13-4-3-5-14(13)24-18(16)20-15(19-17)12-21-8-10-23-11-9-21/h1-12H2/p+1. The lowest BCUT2D eigenvalue weighted by Gasteiger charge is -2.24. The number of fused-ring (bicyclic) bond motifs is 3. The molecule has 0 amide bonds. The van der Waals surface area contributed by atoms with Gasteiger partial charge in [-0.2, -0.15) is 0 Å². The van der Waals surface area contributed by atoms with Crippen molar-refractivity contribution in [3.63, 3.8) is 0 Å². The smallest absolute Gasteiger partial charge is 0.187 e. The predicted molar refractivity (Wildman–Crippen MR) is 96.1 cm³/mol. The third kappa shape index (κ3) is 2.61. The van der Waals surface area contributed by atoms with Gasteiger partial charge in [-0.05, 0) is 37.7 Å². The Morgan fingerprint density at radius 1 is 1.04 bits per heavy atom. The van der Waals surface area contributed by atoms with Gasteiger partial charge < -0.3 is 14.5 Å². The van der Waals surface area contributed by atoms with Crippen LogP contribution in [-0.4, -0.2) is 49.4 Å². The van der Waals surface area contributed by atoms with Gasteiger partial charge in [0.2, 0.25) is 0 Å². The SMILES string of the molecule is C1Cc2sc3nc(C[NH+]4CCOCC4)nc(N4CCCC4)c3c2C1. The quantitative estimate of drug-likeness (QED) is 0.908. The van der Waals surface area contributed by atoms with E-state index in [1.54, 1.807) is 15.3 Å². The molecule has 6 heteroatoms. The lowest BCUT2D eigenvalue weighted by atomic mass is 10.2. The first kappa shape index (κ1) is 15.0. The van der Waals surface area contributed by atoms with E-state index in [0.717, 1.165) is 51.8 Å². The van der Waals surface area contributed by atoms with Crippen LogP contribution >= 0.6 is 11.3 Å². The highest BCUT2D eigenvalue weighted by atomic mass is 32.1. The zero-order valence-corrected chi connectivity index (χ0v) is 15.0. The Hall–Kier alpha value is -1.24. The summed E-state index contributed by atoms with van der Waals surface area (Å²) in [6.45, 7) is 7.11. The summed E-state index contributed by atoms with van der Waals surface area (Å²) in [5.74, 6) is 2.26. The van der Waals surface area contributed by atoms with Gasteiger partial charge in [0.15, 0.2) is 5.82 Å². The highest BCUT2D eigenvalue weighted by Crippen LogP contribution is 2.41. The summed E-state index contributed by atoms with van der Waals surface area (Å²) in [4.78, 5) is 16.9. The lowest BCUT2D eigenvalue weighted by Crippen LogP contribution is -3.12. The number of hydrogen-bond acceptors (Lipinski definition) is 5. The maximum absolute atomic E-state index is 5.49. The number of morpholine rings is 1. The summed E-state index contributed by atoms with van der Waals surface area (Å²) in [7, 11) is 0. The largest absolute Gasteiger partial charge is 0.370 e. The van der Waals surface area contributed by atoms with E-state index in [2.05, 4.69) is 4.90 Å². The summed E-state index contributed by atoms with van der Waals surface area (Å²) >= 11 is 1.92. The molecule has 2 aromatic heterocycles. The van der Waals surface area contributed by atoms with Crippen LogP contribution in [0.3, 0.4) is 0 Å². The third-order valence-electron chi connectivity index (χ3n) is 5.61. The minimum absolute atomic E-state index is 0.865. The van der Waals surface area contributed by atoms with E-state index >= 15 is 0 Å². The summed E-state index contributed by atoms with van der Waals surface area (Å²) in [5, 5.41) is 1.38. The van der Waals surface area contributed by atoms with Crippen LogP contribution in [0.4, 0.5) is 5.82 Å². The van der Waals surface area contributed by atoms with Crippen molar-refractivity contribution in [3.05, 3.63) is 16.3 Å². The molecule has 0 saturated carbocycles. The van der Waals surface area contributed by atoms with Crippen LogP contribution in [0.25, 0.3) is 10.2 Å². The van der Waals surface area contributed by atoms with Crippen molar-refractivity contribution >= 4 is 27.4 Å². The van der Waals surface area contributed by atoms with Crippen molar-refractivity contribution in [2.24, 2.45) is 0 Å². The molecule has 2 saturated heterocycles. The monoisotopic (exact) mass is 345 g/mol. The van der Waals surface area contributed by atoms with Crippen LogP contribution in [0.5, 0.6) is 0 Å². The Morgan fingerprint density at radius 2 is 1.88 bits per heavy atom. The number of anilines is 1. The Bertz CT molecular complexity index is 747. The van der Waals surface area contributed by atoms with Crippen LogP contribution in [0, 0.1) is 0 Å². The molecule has 0 radical (unpaired) electrons. The number of hydrogen-bond donors (Lipinski definition) is 1. The Balaban J connectivity index is 1.56. The van der Waals surface area contributed by atoms with Gasteiger partial charge >= 0.3 is 0 Å². The summed E-state index contributed by atoms with van der Waals surface area (Å²) in [6, 6.07) is 0. The second-order valence-electron chi connectivity index (χ2n) is 7.23. The van der Waals surface area contributed by atoms with Crippen molar-refractivity contribution in [2.75, 3.05) is 44.3 Å². The molecule has 1 N–H and O–H groups in total. The normalized spacial score (nSPS) is 21.8.